The van der Waals surface area contributed by atoms with E-state index in [0.29, 0.717) is 16.9 Å². The molecule has 0 saturated heterocycles. The molecule has 0 aliphatic carbocycles. The first-order chi connectivity index (χ1) is 16.3. The van der Waals surface area contributed by atoms with Gasteiger partial charge in [0.05, 0.1) is 35.5 Å². The molecule has 0 radical (unpaired) electrons. The molecule has 0 aliphatic heterocycles. The molecule has 0 saturated carbocycles. The van der Waals surface area contributed by atoms with Crippen LogP contribution in [0.15, 0.2) is 60.9 Å². The molecule has 11 nitrogen and oxygen atoms in total. The summed E-state index contributed by atoms with van der Waals surface area (Å²) in [7, 11) is 1.40. The molecule has 2 amide bonds. The van der Waals surface area contributed by atoms with E-state index in [1.54, 1.807) is 25.3 Å². The Balaban J connectivity index is 1.82. The average molecular weight is 464 g/mol. The first-order valence-electron chi connectivity index (χ1n) is 9.99. The third kappa shape index (κ3) is 5.71. The summed E-state index contributed by atoms with van der Waals surface area (Å²) in [4.78, 5) is 51.6. The van der Waals surface area contributed by atoms with Crippen molar-refractivity contribution < 1.29 is 28.8 Å². The first kappa shape index (κ1) is 23.9. The van der Waals surface area contributed by atoms with Gasteiger partial charge in [-0.05, 0) is 37.3 Å². The standard InChI is InChI=1S/C23H20N4O7/c1-3-34-23(30)16-9-15(10-18(11-16)27(31)32)22(29)25-17-6-7-19(20(12-17)33-2)26-21(28)14-5-4-8-24-13-14/h4-13H,3H2,1-2H3,(H,25,29)(H,26,28). The molecule has 0 bridgehead atoms. The van der Waals surface area contributed by atoms with Gasteiger partial charge in [0.2, 0.25) is 0 Å². The predicted octanol–water partition coefficient (Wildman–Crippen LogP) is 3.68. The summed E-state index contributed by atoms with van der Waals surface area (Å²) in [5, 5.41) is 16.5. The lowest BCUT2D eigenvalue weighted by Crippen LogP contribution is -2.15. The van der Waals surface area contributed by atoms with Crippen LogP contribution in [-0.4, -0.2) is 41.4 Å². The maximum Gasteiger partial charge on any atom is 0.338 e. The molecule has 34 heavy (non-hydrogen) atoms. The van der Waals surface area contributed by atoms with Crippen molar-refractivity contribution in [3.05, 3.63) is 87.7 Å². The Labute approximate surface area is 193 Å². The van der Waals surface area contributed by atoms with Gasteiger partial charge in [0.1, 0.15) is 5.75 Å². The van der Waals surface area contributed by atoms with E-state index in [4.69, 9.17) is 9.47 Å². The molecular weight excluding hydrogens is 444 g/mol. The molecule has 3 rings (SSSR count). The Kier molecular flexibility index (Phi) is 7.49. The maximum absolute atomic E-state index is 12.8. The number of nitro benzene ring substituents is 1. The minimum atomic E-state index is -0.782. The highest BCUT2D eigenvalue weighted by Crippen LogP contribution is 2.29. The van der Waals surface area contributed by atoms with Crippen molar-refractivity contribution in [1.82, 2.24) is 4.98 Å². The van der Waals surface area contributed by atoms with Crippen LogP contribution in [-0.2, 0) is 4.74 Å². The lowest BCUT2D eigenvalue weighted by atomic mass is 10.1. The number of anilines is 2. The van der Waals surface area contributed by atoms with Crippen molar-refractivity contribution in [2.75, 3.05) is 24.4 Å². The predicted molar refractivity (Wildman–Crippen MR) is 122 cm³/mol. The van der Waals surface area contributed by atoms with Crippen LogP contribution < -0.4 is 15.4 Å². The molecule has 0 atom stereocenters. The van der Waals surface area contributed by atoms with Gasteiger partial charge >= 0.3 is 5.97 Å². The van der Waals surface area contributed by atoms with Gasteiger partial charge in [-0.2, -0.15) is 0 Å². The zero-order chi connectivity index (χ0) is 24.7. The molecule has 0 spiro atoms. The largest absolute Gasteiger partial charge is 0.494 e. The van der Waals surface area contributed by atoms with Gasteiger partial charge in [-0.1, -0.05) is 0 Å². The number of benzene rings is 2. The molecule has 0 unspecified atom stereocenters. The molecule has 1 heterocycles. The zero-order valence-corrected chi connectivity index (χ0v) is 18.2. The summed E-state index contributed by atoms with van der Waals surface area (Å²) in [6.07, 6.45) is 2.96. The van der Waals surface area contributed by atoms with Crippen LogP contribution in [0.5, 0.6) is 5.75 Å². The molecule has 0 aliphatic rings. The number of rotatable bonds is 8. The van der Waals surface area contributed by atoms with Crippen LogP contribution in [0, 0.1) is 10.1 Å². The number of nitrogens with zero attached hydrogens (tertiary/aromatic N) is 2. The van der Waals surface area contributed by atoms with Crippen molar-refractivity contribution in [3.63, 3.8) is 0 Å². The number of methoxy groups -OCH3 is 1. The summed E-state index contributed by atoms with van der Waals surface area (Å²) in [6, 6.07) is 11.1. The number of aromatic nitrogens is 1. The summed E-state index contributed by atoms with van der Waals surface area (Å²) in [5.41, 5.74) is 0.351. The van der Waals surface area contributed by atoms with Gasteiger partial charge in [-0.3, -0.25) is 24.7 Å². The summed E-state index contributed by atoms with van der Waals surface area (Å²) in [5.74, 6) is -1.60. The van der Waals surface area contributed by atoms with Gasteiger partial charge < -0.3 is 20.1 Å². The molecule has 11 heteroatoms. The van der Waals surface area contributed by atoms with E-state index in [1.807, 2.05) is 0 Å². The third-order valence-corrected chi connectivity index (χ3v) is 4.53. The van der Waals surface area contributed by atoms with E-state index in [0.717, 1.165) is 12.1 Å². The van der Waals surface area contributed by atoms with E-state index in [2.05, 4.69) is 15.6 Å². The number of esters is 1. The summed E-state index contributed by atoms with van der Waals surface area (Å²) in [6.45, 7) is 1.67. The second kappa shape index (κ2) is 10.7. The highest BCUT2D eigenvalue weighted by molar-refractivity contribution is 6.07. The quantitative estimate of drug-likeness (QED) is 0.291. The monoisotopic (exact) mass is 464 g/mol. The first-order valence-corrected chi connectivity index (χ1v) is 9.99. The lowest BCUT2D eigenvalue weighted by molar-refractivity contribution is -0.384. The molecule has 2 N–H and O–H groups in total. The van der Waals surface area contributed by atoms with Gasteiger partial charge in [0.25, 0.3) is 17.5 Å². The van der Waals surface area contributed by atoms with Crippen LogP contribution in [0.2, 0.25) is 0 Å². The minimum Gasteiger partial charge on any atom is -0.494 e. The number of carbonyl (C=O) groups excluding carboxylic acids is 3. The molecule has 3 aromatic rings. The van der Waals surface area contributed by atoms with Gasteiger partial charge in [0, 0.05) is 41.8 Å². The maximum atomic E-state index is 12.8. The number of amides is 2. The molecule has 1 aromatic heterocycles. The SMILES string of the molecule is CCOC(=O)c1cc(C(=O)Nc2ccc(NC(=O)c3cccnc3)c(OC)c2)cc([N+](=O)[O-])c1. The second-order valence-electron chi connectivity index (χ2n) is 6.81. The van der Waals surface area contributed by atoms with Gasteiger partial charge in [-0.15, -0.1) is 0 Å². The van der Waals surface area contributed by atoms with E-state index in [-0.39, 0.29) is 23.5 Å². The van der Waals surface area contributed by atoms with Crippen LogP contribution in [0.25, 0.3) is 0 Å². The molecular formula is C23H20N4O7. The van der Waals surface area contributed by atoms with Crippen molar-refractivity contribution in [1.29, 1.82) is 0 Å². The van der Waals surface area contributed by atoms with E-state index >= 15 is 0 Å². The number of hydrogen-bond acceptors (Lipinski definition) is 8. The Morgan fingerprint density at radius 2 is 1.74 bits per heavy atom. The Morgan fingerprint density at radius 1 is 1.00 bits per heavy atom. The van der Waals surface area contributed by atoms with Crippen molar-refractivity contribution in [2.24, 2.45) is 0 Å². The number of ether oxygens (including phenoxy) is 2. The average Bonchev–Trinajstić information content (AvgIpc) is 2.85. The molecule has 2 aromatic carbocycles. The smallest absolute Gasteiger partial charge is 0.338 e. The topological polar surface area (TPSA) is 150 Å². The Bertz CT molecular complexity index is 1250. The van der Waals surface area contributed by atoms with E-state index in [1.165, 1.54) is 37.6 Å². The van der Waals surface area contributed by atoms with Crippen molar-refractivity contribution in [3.8, 4) is 5.75 Å². The van der Waals surface area contributed by atoms with Crippen molar-refractivity contribution in [2.45, 2.75) is 6.92 Å². The molecule has 0 fully saturated rings. The lowest BCUT2D eigenvalue weighted by Gasteiger charge is -2.13. The van der Waals surface area contributed by atoms with Crippen LogP contribution >= 0.6 is 0 Å². The van der Waals surface area contributed by atoms with Crippen LogP contribution in [0.3, 0.4) is 0 Å². The highest BCUT2D eigenvalue weighted by atomic mass is 16.6. The normalized spacial score (nSPS) is 10.2. The van der Waals surface area contributed by atoms with Gasteiger partial charge in [0.15, 0.2) is 0 Å². The van der Waals surface area contributed by atoms with E-state index in [9.17, 15) is 24.5 Å². The third-order valence-electron chi connectivity index (χ3n) is 4.53. The highest BCUT2D eigenvalue weighted by Gasteiger charge is 2.19. The number of nitrogens with one attached hydrogen (secondary N) is 2. The fraction of sp³-hybridized carbons (Fsp3) is 0.130. The number of pyridine rings is 1. The Hall–Kier alpha value is -4.80. The fourth-order valence-electron chi connectivity index (χ4n) is 2.95. The second-order valence-corrected chi connectivity index (χ2v) is 6.81. The van der Waals surface area contributed by atoms with E-state index < -0.39 is 28.4 Å². The van der Waals surface area contributed by atoms with Gasteiger partial charge in [-0.25, -0.2) is 4.79 Å². The number of hydrogen-bond donors (Lipinski definition) is 2. The fourth-order valence-corrected chi connectivity index (χ4v) is 2.95. The summed E-state index contributed by atoms with van der Waals surface area (Å²) < 4.78 is 10.2. The minimum absolute atomic E-state index is 0.0759. The Morgan fingerprint density at radius 3 is 2.38 bits per heavy atom. The van der Waals surface area contributed by atoms with Crippen LogP contribution in [0.4, 0.5) is 17.1 Å². The zero-order valence-electron chi connectivity index (χ0n) is 18.2. The van der Waals surface area contributed by atoms with Crippen LogP contribution in [0.1, 0.15) is 38.0 Å². The molecule has 174 valence electrons. The number of carbonyl (C=O) groups is 3. The number of non-ortho nitro benzene ring substituents is 1. The summed E-state index contributed by atoms with van der Waals surface area (Å²) >= 11 is 0. The number of nitro groups is 1. The van der Waals surface area contributed by atoms with Crippen molar-refractivity contribution >= 4 is 34.8 Å².